The van der Waals surface area contributed by atoms with Crippen LogP contribution in [0.4, 0.5) is 0 Å². The zero-order chi connectivity index (χ0) is 12.6. The molecular weight excluding hydrogens is 242 g/mol. The lowest BCUT2D eigenvalue weighted by molar-refractivity contribution is 0.193. The Balaban J connectivity index is 1.83. The van der Waals surface area contributed by atoms with Gasteiger partial charge < -0.3 is 0 Å². The van der Waals surface area contributed by atoms with E-state index in [1.165, 1.54) is 89.9 Å². The van der Waals surface area contributed by atoms with Crippen molar-refractivity contribution >= 4 is 11.8 Å². The van der Waals surface area contributed by atoms with Gasteiger partial charge in [-0.05, 0) is 37.5 Å². The van der Waals surface area contributed by atoms with Crippen LogP contribution in [0.2, 0.25) is 0 Å². The molecule has 0 aromatic heterocycles. The van der Waals surface area contributed by atoms with Gasteiger partial charge in [-0.1, -0.05) is 64.2 Å². The van der Waals surface area contributed by atoms with E-state index in [0.717, 1.165) is 0 Å². The molecule has 0 radical (unpaired) electrons. The van der Waals surface area contributed by atoms with Gasteiger partial charge in [-0.2, -0.15) is 0 Å². The normalized spacial score (nSPS) is 26.3. The largest absolute Gasteiger partial charge is 0.214 e. The maximum Gasteiger partial charge on any atom is 0.0254 e. The van der Waals surface area contributed by atoms with Crippen LogP contribution in [0.25, 0.3) is 0 Å². The van der Waals surface area contributed by atoms with Crippen LogP contribution < -0.4 is 0 Å². The lowest BCUT2D eigenvalue weighted by Gasteiger charge is -2.34. The van der Waals surface area contributed by atoms with E-state index in [4.69, 9.17) is 11.8 Å². The third-order valence-corrected chi connectivity index (χ3v) is 5.40. The molecule has 0 aromatic carbocycles. The topological polar surface area (TPSA) is 3.24 Å². The van der Waals surface area contributed by atoms with Crippen molar-refractivity contribution in [2.45, 2.75) is 102 Å². The summed E-state index contributed by atoms with van der Waals surface area (Å²) in [5, 5.41) is 0. The average Bonchev–Trinajstić information content (AvgIpc) is 2.27. The lowest BCUT2D eigenvalue weighted by Crippen LogP contribution is -2.37. The highest BCUT2D eigenvalue weighted by atomic mass is 35.5. The van der Waals surface area contributed by atoms with Gasteiger partial charge in [-0.3, -0.25) is 0 Å². The molecule has 1 nitrogen and oxygen atoms in total. The number of halogens is 1. The Bertz CT molecular complexity index is 181. The van der Waals surface area contributed by atoms with E-state index in [9.17, 15) is 0 Å². The number of hydrogen-bond acceptors (Lipinski definition) is 1. The van der Waals surface area contributed by atoms with Crippen molar-refractivity contribution in [3.63, 3.8) is 0 Å². The lowest BCUT2D eigenvalue weighted by atomic mass is 9.92. The summed E-state index contributed by atoms with van der Waals surface area (Å²) in [6.07, 6.45) is 19.5. The van der Waals surface area contributed by atoms with Gasteiger partial charge in [0.15, 0.2) is 0 Å². The number of nitrogens with zero attached hydrogens (tertiary/aromatic N) is 1. The zero-order valence-corrected chi connectivity index (χ0v) is 12.6. The first-order valence-electron chi connectivity index (χ1n) is 8.32. The van der Waals surface area contributed by atoms with E-state index in [2.05, 4.69) is 4.42 Å². The van der Waals surface area contributed by atoms with Gasteiger partial charge in [0.05, 0.1) is 0 Å². The van der Waals surface area contributed by atoms with E-state index in [-0.39, 0.29) is 0 Å². The van der Waals surface area contributed by atoms with Crippen molar-refractivity contribution in [3.8, 4) is 0 Å². The second-order valence-electron chi connectivity index (χ2n) is 6.34. The molecule has 0 spiro atoms. The van der Waals surface area contributed by atoms with Crippen LogP contribution in [-0.4, -0.2) is 16.5 Å². The van der Waals surface area contributed by atoms with Crippen molar-refractivity contribution in [1.82, 2.24) is 4.42 Å². The first-order chi connectivity index (χ1) is 8.88. The number of rotatable bonds is 2. The Morgan fingerprint density at radius 3 is 1.11 bits per heavy atom. The minimum atomic E-state index is 0.663. The van der Waals surface area contributed by atoms with Gasteiger partial charge in [0, 0.05) is 12.1 Å². The second-order valence-corrected chi connectivity index (χ2v) is 6.73. The quantitative estimate of drug-likeness (QED) is 0.585. The molecule has 0 atom stereocenters. The van der Waals surface area contributed by atoms with Gasteiger partial charge in [0.25, 0.3) is 0 Å². The molecule has 0 heterocycles. The van der Waals surface area contributed by atoms with Crippen molar-refractivity contribution in [1.29, 1.82) is 0 Å². The Labute approximate surface area is 118 Å². The molecule has 0 N–H and O–H groups in total. The summed E-state index contributed by atoms with van der Waals surface area (Å²) >= 11 is 6.72. The van der Waals surface area contributed by atoms with E-state index >= 15 is 0 Å². The van der Waals surface area contributed by atoms with Gasteiger partial charge in [-0.25, -0.2) is 4.42 Å². The summed E-state index contributed by atoms with van der Waals surface area (Å²) in [5.41, 5.74) is 0. The first kappa shape index (κ1) is 14.7. The molecule has 106 valence electrons. The molecular formula is C16H30ClN. The molecule has 2 aliphatic carbocycles. The molecule has 0 unspecified atom stereocenters. The fourth-order valence-electron chi connectivity index (χ4n) is 3.66. The van der Waals surface area contributed by atoms with Crippen molar-refractivity contribution in [2.75, 3.05) is 0 Å². The first-order valence-corrected chi connectivity index (χ1v) is 8.66. The average molecular weight is 272 g/mol. The molecule has 18 heavy (non-hydrogen) atoms. The maximum atomic E-state index is 6.72. The second kappa shape index (κ2) is 8.43. The molecule has 0 amide bonds. The molecule has 2 fully saturated rings. The third-order valence-electron chi connectivity index (χ3n) is 4.85. The smallest absolute Gasteiger partial charge is 0.0254 e. The molecule has 2 saturated carbocycles. The minimum Gasteiger partial charge on any atom is -0.214 e. The SMILES string of the molecule is ClN(C1CCCCCCC1)C1CCCCCCC1. The predicted octanol–water partition coefficient (Wildman–Crippen LogP) is 5.67. The third kappa shape index (κ3) is 4.74. The van der Waals surface area contributed by atoms with Crippen LogP contribution in [0.1, 0.15) is 89.9 Å². The van der Waals surface area contributed by atoms with Gasteiger partial charge >= 0.3 is 0 Å². The fourth-order valence-corrected chi connectivity index (χ4v) is 4.05. The summed E-state index contributed by atoms with van der Waals surface area (Å²) in [5.74, 6) is 0. The Hall–Kier alpha value is 0.250. The highest BCUT2D eigenvalue weighted by Gasteiger charge is 2.25. The molecule has 0 aromatic rings. The van der Waals surface area contributed by atoms with E-state index < -0.39 is 0 Å². The van der Waals surface area contributed by atoms with Crippen LogP contribution in [0.15, 0.2) is 0 Å². The van der Waals surface area contributed by atoms with E-state index in [0.29, 0.717) is 12.1 Å². The summed E-state index contributed by atoms with van der Waals surface area (Å²) in [4.78, 5) is 0. The van der Waals surface area contributed by atoms with Gasteiger partial charge in [0.1, 0.15) is 0 Å². The monoisotopic (exact) mass is 271 g/mol. The summed E-state index contributed by atoms with van der Waals surface area (Å²) in [6.45, 7) is 0. The van der Waals surface area contributed by atoms with Crippen LogP contribution in [0.5, 0.6) is 0 Å². The summed E-state index contributed by atoms with van der Waals surface area (Å²) < 4.78 is 2.26. The highest BCUT2D eigenvalue weighted by molar-refractivity contribution is 6.13. The Kier molecular flexibility index (Phi) is 6.86. The van der Waals surface area contributed by atoms with Crippen molar-refractivity contribution in [2.24, 2.45) is 0 Å². The summed E-state index contributed by atoms with van der Waals surface area (Å²) in [6, 6.07) is 1.33. The fraction of sp³-hybridized carbons (Fsp3) is 1.00. The van der Waals surface area contributed by atoms with Gasteiger partial charge in [0.2, 0.25) is 0 Å². The predicted molar refractivity (Wildman–Crippen MR) is 79.9 cm³/mol. The molecule has 2 heteroatoms. The van der Waals surface area contributed by atoms with E-state index in [1.807, 2.05) is 0 Å². The maximum absolute atomic E-state index is 6.72. The van der Waals surface area contributed by atoms with Crippen LogP contribution in [-0.2, 0) is 0 Å². The zero-order valence-electron chi connectivity index (χ0n) is 11.9. The number of hydrogen-bond donors (Lipinski definition) is 0. The van der Waals surface area contributed by atoms with Crippen molar-refractivity contribution < 1.29 is 0 Å². The molecule has 2 aliphatic rings. The molecule has 0 aliphatic heterocycles. The van der Waals surface area contributed by atoms with Crippen molar-refractivity contribution in [3.05, 3.63) is 0 Å². The minimum absolute atomic E-state index is 0.663. The molecule has 2 rings (SSSR count). The Morgan fingerprint density at radius 2 is 0.778 bits per heavy atom. The van der Waals surface area contributed by atoms with Crippen LogP contribution >= 0.6 is 11.8 Å². The molecule has 0 saturated heterocycles. The Morgan fingerprint density at radius 1 is 0.500 bits per heavy atom. The highest BCUT2D eigenvalue weighted by Crippen LogP contribution is 2.29. The van der Waals surface area contributed by atoms with Gasteiger partial charge in [-0.15, -0.1) is 0 Å². The summed E-state index contributed by atoms with van der Waals surface area (Å²) in [7, 11) is 0. The van der Waals surface area contributed by atoms with Crippen LogP contribution in [0, 0.1) is 0 Å². The molecule has 0 bridgehead atoms. The standard InChI is InChI=1S/C16H30ClN/c17-18(15-11-7-3-1-4-8-12-15)16-13-9-5-2-6-10-14-16/h15-16H,1-14H2. The van der Waals surface area contributed by atoms with Crippen LogP contribution in [0.3, 0.4) is 0 Å². The van der Waals surface area contributed by atoms with E-state index in [1.54, 1.807) is 0 Å².